The van der Waals surface area contributed by atoms with Crippen molar-refractivity contribution in [3.63, 3.8) is 0 Å². The first-order chi connectivity index (χ1) is 13.6. The van der Waals surface area contributed by atoms with E-state index in [1.807, 2.05) is 30.3 Å². The molecular formula is C23H24N2O3. The first kappa shape index (κ1) is 18.3. The van der Waals surface area contributed by atoms with Crippen molar-refractivity contribution < 1.29 is 14.3 Å². The SMILES string of the molecule is COc1ccc(-c2cc(C)c3cc(CC(=O)NC4CC4)ccc3n2)cc1OC. The van der Waals surface area contributed by atoms with Gasteiger partial charge in [0.2, 0.25) is 5.91 Å². The van der Waals surface area contributed by atoms with E-state index in [0.29, 0.717) is 24.0 Å². The number of benzene rings is 2. The van der Waals surface area contributed by atoms with Crippen molar-refractivity contribution in [3.8, 4) is 22.8 Å². The van der Waals surface area contributed by atoms with E-state index in [1.54, 1.807) is 14.2 Å². The van der Waals surface area contributed by atoms with Crippen LogP contribution < -0.4 is 14.8 Å². The number of nitrogens with zero attached hydrogens (tertiary/aromatic N) is 1. The molecule has 1 saturated carbocycles. The summed E-state index contributed by atoms with van der Waals surface area (Å²) in [5.41, 5.74) is 4.89. The molecule has 28 heavy (non-hydrogen) atoms. The van der Waals surface area contributed by atoms with Gasteiger partial charge in [0.1, 0.15) is 0 Å². The molecule has 0 radical (unpaired) electrons. The number of amides is 1. The zero-order valence-electron chi connectivity index (χ0n) is 16.4. The Morgan fingerprint density at radius 1 is 1.07 bits per heavy atom. The summed E-state index contributed by atoms with van der Waals surface area (Å²) < 4.78 is 10.7. The standard InChI is InChI=1S/C23H24N2O3/c1-14-10-20(16-5-9-21(27-2)22(13-16)28-3)25-19-8-4-15(11-18(14)19)12-23(26)24-17-6-7-17/h4-5,8-11,13,17H,6-7,12H2,1-3H3,(H,24,26). The Bertz CT molecular complexity index is 1040. The molecule has 5 nitrogen and oxygen atoms in total. The second-order valence-corrected chi connectivity index (χ2v) is 7.26. The van der Waals surface area contributed by atoms with Crippen molar-refractivity contribution in [1.82, 2.24) is 10.3 Å². The normalized spacial score (nSPS) is 13.4. The predicted molar refractivity (Wildman–Crippen MR) is 110 cm³/mol. The lowest BCUT2D eigenvalue weighted by Gasteiger charge is -2.12. The van der Waals surface area contributed by atoms with E-state index in [1.165, 1.54) is 0 Å². The summed E-state index contributed by atoms with van der Waals surface area (Å²) in [5, 5.41) is 4.11. The lowest BCUT2D eigenvalue weighted by molar-refractivity contribution is -0.120. The summed E-state index contributed by atoms with van der Waals surface area (Å²) in [6, 6.07) is 14.3. The zero-order chi connectivity index (χ0) is 19.7. The van der Waals surface area contributed by atoms with Gasteiger partial charge >= 0.3 is 0 Å². The molecule has 1 aliphatic rings. The van der Waals surface area contributed by atoms with Gasteiger partial charge in [0.05, 0.1) is 31.9 Å². The molecule has 144 valence electrons. The van der Waals surface area contributed by atoms with Gasteiger partial charge in [-0.1, -0.05) is 6.07 Å². The van der Waals surface area contributed by atoms with Crippen LogP contribution in [0.4, 0.5) is 0 Å². The quantitative estimate of drug-likeness (QED) is 0.705. The average molecular weight is 376 g/mol. The third-order valence-electron chi connectivity index (χ3n) is 5.07. The van der Waals surface area contributed by atoms with Crippen LogP contribution in [0.5, 0.6) is 11.5 Å². The van der Waals surface area contributed by atoms with Crippen LogP contribution in [0.15, 0.2) is 42.5 Å². The highest BCUT2D eigenvalue weighted by Gasteiger charge is 2.23. The van der Waals surface area contributed by atoms with Crippen LogP contribution in [-0.4, -0.2) is 31.2 Å². The Balaban J connectivity index is 1.65. The molecule has 3 aromatic rings. The van der Waals surface area contributed by atoms with Crippen molar-refractivity contribution in [3.05, 3.63) is 53.6 Å². The number of nitrogens with one attached hydrogen (secondary N) is 1. The topological polar surface area (TPSA) is 60.5 Å². The minimum Gasteiger partial charge on any atom is -0.493 e. The second-order valence-electron chi connectivity index (χ2n) is 7.26. The highest BCUT2D eigenvalue weighted by Crippen LogP contribution is 2.33. The van der Waals surface area contributed by atoms with E-state index in [9.17, 15) is 4.79 Å². The van der Waals surface area contributed by atoms with Crippen molar-refractivity contribution in [2.75, 3.05) is 14.2 Å². The molecule has 0 saturated heterocycles. The predicted octanol–water partition coefficient (Wildman–Crippen LogP) is 4.05. The fourth-order valence-electron chi connectivity index (χ4n) is 3.39. The Labute approximate surface area is 164 Å². The molecule has 0 atom stereocenters. The minimum atomic E-state index is 0.0920. The van der Waals surface area contributed by atoms with E-state index in [2.05, 4.69) is 24.4 Å². The number of aromatic nitrogens is 1. The molecule has 1 aromatic heterocycles. The van der Waals surface area contributed by atoms with E-state index in [4.69, 9.17) is 14.5 Å². The minimum absolute atomic E-state index is 0.0920. The van der Waals surface area contributed by atoms with Crippen LogP contribution in [-0.2, 0) is 11.2 Å². The maximum atomic E-state index is 12.1. The van der Waals surface area contributed by atoms with E-state index >= 15 is 0 Å². The molecular weight excluding hydrogens is 352 g/mol. The fraction of sp³-hybridized carbons (Fsp3) is 0.304. The van der Waals surface area contributed by atoms with E-state index in [0.717, 1.165) is 46.1 Å². The Hall–Kier alpha value is -3.08. The summed E-state index contributed by atoms with van der Waals surface area (Å²) in [5.74, 6) is 1.46. The summed E-state index contributed by atoms with van der Waals surface area (Å²) in [6.45, 7) is 2.07. The van der Waals surface area contributed by atoms with Gasteiger partial charge < -0.3 is 14.8 Å². The molecule has 0 spiro atoms. The van der Waals surface area contributed by atoms with Gasteiger partial charge in [-0.15, -0.1) is 0 Å². The molecule has 5 heteroatoms. The fourth-order valence-corrected chi connectivity index (χ4v) is 3.39. The third-order valence-corrected chi connectivity index (χ3v) is 5.07. The lowest BCUT2D eigenvalue weighted by Crippen LogP contribution is -2.26. The van der Waals surface area contributed by atoms with Crippen molar-refractivity contribution in [1.29, 1.82) is 0 Å². The number of carbonyl (C=O) groups is 1. The van der Waals surface area contributed by atoms with Gasteiger partial charge in [-0.2, -0.15) is 0 Å². The average Bonchev–Trinajstić information content (AvgIpc) is 3.51. The first-order valence-corrected chi connectivity index (χ1v) is 9.49. The van der Waals surface area contributed by atoms with Gasteiger partial charge in [0.25, 0.3) is 0 Å². The number of pyridine rings is 1. The summed E-state index contributed by atoms with van der Waals surface area (Å²) >= 11 is 0. The number of ether oxygens (including phenoxy) is 2. The highest BCUT2D eigenvalue weighted by molar-refractivity contribution is 5.87. The summed E-state index contributed by atoms with van der Waals surface area (Å²) in [6.07, 6.45) is 2.61. The van der Waals surface area contributed by atoms with Crippen molar-refractivity contribution >= 4 is 16.8 Å². The van der Waals surface area contributed by atoms with Gasteiger partial charge in [-0.05, 0) is 67.3 Å². The molecule has 0 unspecified atom stereocenters. The molecule has 1 N–H and O–H groups in total. The molecule has 1 fully saturated rings. The molecule has 2 aromatic carbocycles. The van der Waals surface area contributed by atoms with E-state index in [-0.39, 0.29) is 5.91 Å². The van der Waals surface area contributed by atoms with E-state index < -0.39 is 0 Å². The number of fused-ring (bicyclic) bond motifs is 1. The van der Waals surface area contributed by atoms with Crippen LogP contribution in [0.25, 0.3) is 22.2 Å². The van der Waals surface area contributed by atoms with Crippen molar-refractivity contribution in [2.24, 2.45) is 0 Å². The second kappa shape index (κ2) is 7.50. The summed E-state index contributed by atoms with van der Waals surface area (Å²) in [7, 11) is 3.25. The molecule has 1 aliphatic carbocycles. The Morgan fingerprint density at radius 2 is 1.86 bits per heavy atom. The molecule has 0 aliphatic heterocycles. The monoisotopic (exact) mass is 376 g/mol. The van der Waals surface area contributed by atoms with Gasteiger partial charge in [-0.25, -0.2) is 4.98 Å². The van der Waals surface area contributed by atoms with Crippen molar-refractivity contribution in [2.45, 2.75) is 32.2 Å². The van der Waals surface area contributed by atoms with Crippen LogP contribution >= 0.6 is 0 Å². The van der Waals surface area contributed by atoms with Crippen LogP contribution in [0.1, 0.15) is 24.0 Å². The first-order valence-electron chi connectivity index (χ1n) is 9.49. The Kier molecular flexibility index (Phi) is 4.90. The number of aryl methyl sites for hydroxylation is 1. The third kappa shape index (κ3) is 3.79. The molecule has 1 amide bonds. The highest BCUT2D eigenvalue weighted by atomic mass is 16.5. The van der Waals surface area contributed by atoms with Gasteiger partial charge in [0, 0.05) is 17.0 Å². The maximum absolute atomic E-state index is 12.1. The molecule has 1 heterocycles. The maximum Gasteiger partial charge on any atom is 0.224 e. The van der Waals surface area contributed by atoms with Crippen LogP contribution in [0.2, 0.25) is 0 Å². The number of hydrogen-bond acceptors (Lipinski definition) is 4. The summed E-state index contributed by atoms with van der Waals surface area (Å²) in [4.78, 5) is 16.9. The smallest absolute Gasteiger partial charge is 0.224 e. The zero-order valence-corrected chi connectivity index (χ0v) is 16.4. The number of carbonyl (C=O) groups excluding carboxylic acids is 1. The molecule has 0 bridgehead atoms. The van der Waals surface area contributed by atoms with Crippen LogP contribution in [0, 0.1) is 6.92 Å². The van der Waals surface area contributed by atoms with Gasteiger partial charge in [-0.3, -0.25) is 4.79 Å². The van der Waals surface area contributed by atoms with Crippen LogP contribution in [0.3, 0.4) is 0 Å². The number of hydrogen-bond donors (Lipinski definition) is 1. The Morgan fingerprint density at radius 3 is 2.57 bits per heavy atom. The molecule has 4 rings (SSSR count). The largest absolute Gasteiger partial charge is 0.493 e. The number of rotatable bonds is 6. The number of methoxy groups -OCH3 is 2. The lowest BCUT2D eigenvalue weighted by atomic mass is 10.0. The van der Waals surface area contributed by atoms with Gasteiger partial charge in [0.15, 0.2) is 11.5 Å².